The minimum Gasteiger partial charge on any atom is -0.404 e. The number of hydrogen-bond acceptors (Lipinski definition) is 3. The number of benzene rings is 1. The van der Waals surface area contributed by atoms with E-state index in [0.29, 0.717) is 19.4 Å². The Morgan fingerprint density at radius 1 is 1.15 bits per heavy atom. The molecular formula is C17H20F3N3O3. The number of amides is 3. The van der Waals surface area contributed by atoms with Crippen molar-refractivity contribution in [1.82, 2.24) is 10.2 Å². The van der Waals surface area contributed by atoms with E-state index in [9.17, 15) is 22.8 Å². The van der Waals surface area contributed by atoms with Crippen molar-refractivity contribution in [2.24, 2.45) is 5.92 Å². The molecule has 1 aromatic carbocycles. The SMILES string of the molecule is O=C(Nc1ccccc1OC(F)(F)F)C1CCCN(C(=O)NC2CC2)C1. The zero-order chi connectivity index (χ0) is 18.7. The average molecular weight is 371 g/mol. The summed E-state index contributed by atoms with van der Waals surface area (Å²) in [5.74, 6) is -1.37. The van der Waals surface area contributed by atoms with Crippen LogP contribution in [0.1, 0.15) is 25.7 Å². The van der Waals surface area contributed by atoms with E-state index in [1.165, 1.54) is 18.2 Å². The summed E-state index contributed by atoms with van der Waals surface area (Å²) in [4.78, 5) is 26.2. The molecule has 1 aliphatic carbocycles. The highest BCUT2D eigenvalue weighted by molar-refractivity contribution is 5.94. The summed E-state index contributed by atoms with van der Waals surface area (Å²) in [6, 6.07) is 5.42. The maximum absolute atomic E-state index is 12.5. The van der Waals surface area contributed by atoms with Crippen LogP contribution in [0.15, 0.2) is 24.3 Å². The van der Waals surface area contributed by atoms with Gasteiger partial charge in [-0.3, -0.25) is 4.79 Å². The van der Waals surface area contributed by atoms with Crippen molar-refractivity contribution in [1.29, 1.82) is 0 Å². The fraction of sp³-hybridized carbons (Fsp3) is 0.529. The van der Waals surface area contributed by atoms with Crippen LogP contribution in [0.5, 0.6) is 5.75 Å². The number of urea groups is 1. The molecule has 2 aliphatic rings. The van der Waals surface area contributed by atoms with Crippen molar-refractivity contribution in [3.63, 3.8) is 0 Å². The second-order valence-electron chi connectivity index (χ2n) is 6.54. The second-order valence-corrected chi connectivity index (χ2v) is 6.54. The number of halogens is 3. The molecule has 0 bridgehead atoms. The highest BCUT2D eigenvalue weighted by Gasteiger charge is 2.34. The fourth-order valence-corrected chi connectivity index (χ4v) is 2.89. The number of hydrogen-bond donors (Lipinski definition) is 2. The molecule has 1 saturated carbocycles. The molecule has 1 heterocycles. The van der Waals surface area contributed by atoms with Crippen LogP contribution < -0.4 is 15.4 Å². The molecule has 9 heteroatoms. The van der Waals surface area contributed by atoms with Crippen LogP contribution in [0.25, 0.3) is 0 Å². The van der Waals surface area contributed by atoms with E-state index in [1.54, 1.807) is 4.90 Å². The van der Waals surface area contributed by atoms with E-state index in [0.717, 1.165) is 18.9 Å². The van der Waals surface area contributed by atoms with Crippen molar-refractivity contribution in [2.75, 3.05) is 18.4 Å². The number of ether oxygens (including phenoxy) is 1. The van der Waals surface area contributed by atoms with Crippen molar-refractivity contribution < 1.29 is 27.5 Å². The molecular weight excluding hydrogens is 351 g/mol. The lowest BCUT2D eigenvalue weighted by atomic mass is 9.97. The number of rotatable bonds is 4. The van der Waals surface area contributed by atoms with Gasteiger partial charge in [-0.05, 0) is 37.8 Å². The molecule has 1 saturated heterocycles. The highest BCUT2D eigenvalue weighted by atomic mass is 19.4. The van der Waals surface area contributed by atoms with Crippen LogP contribution in [0.4, 0.5) is 23.7 Å². The van der Waals surface area contributed by atoms with Crippen LogP contribution in [0, 0.1) is 5.92 Å². The minimum absolute atomic E-state index is 0.0469. The van der Waals surface area contributed by atoms with Gasteiger partial charge in [0.25, 0.3) is 0 Å². The summed E-state index contributed by atoms with van der Waals surface area (Å²) in [5, 5.41) is 5.37. The topological polar surface area (TPSA) is 70.7 Å². The first-order valence-electron chi connectivity index (χ1n) is 8.53. The standard InChI is InChI=1S/C17H20F3N3O3/c18-17(19,20)26-14-6-2-1-5-13(14)22-15(24)11-4-3-9-23(10-11)16(25)21-12-7-8-12/h1-2,5-6,11-12H,3-4,7-10H2,(H,21,25)(H,22,24). The number of para-hydroxylation sites is 2. The van der Waals surface area contributed by atoms with Gasteiger partial charge in [0.2, 0.25) is 5.91 Å². The lowest BCUT2D eigenvalue weighted by Crippen LogP contribution is -2.48. The first-order valence-corrected chi connectivity index (χ1v) is 8.53. The van der Waals surface area contributed by atoms with E-state index in [4.69, 9.17) is 0 Å². The largest absolute Gasteiger partial charge is 0.573 e. The normalized spacial score (nSPS) is 20.4. The number of likely N-dealkylation sites (tertiary alicyclic amines) is 1. The first kappa shape index (κ1) is 18.3. The average Bonchev–Trinajstić information content (AvgIpc) is 3.39. The predicted molar refractivity (Wildman–Crippen MR) is 87.6 cm³/mol. The van der Waals surface area contributed by atoms with Crippen molar-refractivity contribution >= 4 is 17.6 Å². The van der Waals surface area contributed by atoms with Crippen molar-refractivity contribution in [3.05, 3.63) is 24.3 Å². The summed E-state index contributed by atoms with van der Waals surface area (Å²) in [6.07, 6.45) is -1.67. The third kappa shape index (κ3) is 5.03. The second kappa shape index (κ2) is 7.43. The third-order valence-electron chi connectivity index (χ3n) is 4.35. The van der Waals surface area contributed by atoms with E-state index in [2.05, 4.69) is 15.4 Å². The van der Waals surface area contributed by atoms with Gasteiger partial charge in [0.1, 0.15) is 0 Å². The molecule has 6 nitrogen and oxygen atoms in total. The van der Waals surface area contributed by atoms with Crippen LogP contribution in [0.3, 0.4) is 0 Å². The summed E-state index contributed by atoms with van der Waals surface area (Å²) in [5.41, 5.74) is -0.0469. The number of alkyl halides is 3. The van der Waals surface area contributed by atoms with Gasteiger partial charge in [-0.15, -0.1) is 13.2 Å². The van der Waals surface area contributed by atoms with Crippen LogP contribution in [0.2, 0.25) is 0 Å². The lowest BCUT2D eigenvalue weighted by Gasteiger charge is -2.32. The fourth-order valence-electron chi connectivity index (χ4n) is 2.89. The molecule has 26 heavy (non-hydrogen) atoms. The molecule has 1 aliphatic heterocycles. The number of nitrogens with zero attached hydrogens (tertiary/aromatic N) is 1. The molecule has 1 atom stereocenters. The zero-order valence-corrected chi connectivity index (χ0v) is 14.0. The summed E-state index contributed by atoms with van der Waals surface area (Å²) in [7, 11) is 0. The molecule has 3 amide bonds. The molecule has 3 rings (SSSR count). The Morgan fingerprint density at radius 3 is 2.58 bits per heavy atom. The highest BCUT2D eigenvalue weighted by Crippen LogP contribution is 2.31. The van der Waals surface area contributed by atoms with Gasteiger partial charge < -0.3 is 20.3 Å². The number of nitrogens with one attached hydrogen (secondary N) is 2. The van der Waals surface area contributed by atoms with Gasteiger partial charge >= 0.3 is 12.4 Å². The van der Waals surface area contributed by atoms with Gasteiger partial charge in [-0.1, -0.05) is 12.1 Å². The zero-order valence-electron chi connectivity index (χ0n) is 14.0. The number of carbonyl (C=O) groups is 2. The Kier molecular flexibility index (Phi) is 5.24. The Labute approximate surface area is 148 Å². The van der Waals surface area contributed by atoms with Crippen LogP contribution in [-0.4, -0.2) is 42.3 Å². The number of carbonyl (C=O) groups excluding carboxylic acids is 2. The van der Waals surface area contributed by atoms with Gasteiger partial charge in [-0.25, -0.2) is 4.79 Å². The van der Waals surface area contributed by atoms with Gasteiger partial charge in [0.05, 0.1) is 11.6 Å². The summed E-state index contributed by atoms with van der Waals surface area (Å²) < 4.78 is 41.4. The van der Waals surface area contributed by atoms with E-state index >= 15 is 0 Å². The number of piperidine rings is 1. The van der Waals surface area contributed by atoms with Crippen LogP contribution in [-0.2, 0) is 4.79 Å². The molecule has 1 aromatic rings. The van der Waals surface area contributed by atoms with Crippen molar-refractivity contribution in [2.45, 2.75) is 38.1 Å². The van der Waals surface area contributed by atoms with Gasteiger partial charge in [0, 0.05) is 19.1 Å². The first-order chi connectivity index (χ1) is 12.3. The Morgan fingerprint density at radius 2 is 1.88 bits per heavy atom. The van der Waals surface area contributed by atoms with E-state index in [-0.39, 0.29) is 24.3 Å². The lowest BCUT2D eigenvalue weighted by molar-refractivity contribution is -0.274. The molecule has 1 unspecified atom stereocenters. The predicted octanol–water partition coefficient (Wildman–Crippen LogP) is 3.11. The van der Waals surface area contributed by atoms with Crippen LogP contribution >= 0.6 is 0 Å². The Bertz CT molecular complexity index is 677. The molecule has 0 spiro atoms. The summed E-state index contributed by atoms with van der Waals surface area (Å²) >= 11 is 0. The Hall–Kier alpha value is -2.45. The maximum atomic E-state index is 12.5. The molecule has 142 valence electrons. The summed E-state index contributed by atoms with van der Waals surface area (Å²) in [6.45, 7) is 0.808. The minimum atomic E-state index is -4.84. The van der Waals surface area contributed by atoms with Gasteiger partial charge in [-0.2, -0.15) is 0 Å². The smallest absolute Gasteiger partial charge is 0.404 e. The number of anilines is 1. The van der Waals surface area contributed by atoms with Crippen molar-refractivity contribution in [3.8, 4) is 5.75 Å². The monoisotopic (exact) mass is 371 g/mol. The Balaban J connectivity index is 1.61. The quantitative estimate of drug-likeness (QED) is 0.854. The molecule has 0 radical (unpaired) electrons. The maximum Gasteiger partial charge on any atom is 0.573 e. The van der Waals surface area contributed by atoms with E-state index in [1.807, 2.05) is 0 Å². The van der Waals surface area contributed by atoms with Gasteiger partial charge in [0.15, 0.2) is 5.75 Å². The molecule has 2 fully saturated rings. The third-order valence-corrected chi connectivity index (χ3v) is 4.35. The molecule has 0 aromatic heterocycles. The molecule has 2 N–H and O–H groups in total. The van der Waals surface area contributed by atoms with E-state index < -0.39 is 23.9 Å².